The summed E-state index contributed by atoms with van der Waals surface area (Å²) in [5, 5.41) is 3.54. The Labute approximate surface area is 157 Å². The Morgan fingerprint density at radius 1 is 1.35 bits per heavy atom. The second-order valence-electron chi connectivity index (χ2n) is 6.84. The van der Waals surface area contributed by atoms with Crippen molar-refractivity contribution in [3.05, 3.63) is 76.4 Å². The van der Waals surface area contributed by atoms with Crippen LogP contribution in [0.5, 0.6) is 0 Å². The molecule has 1 atom stereocenters. The van der Waals surface area contributed by atoms with Gasteiger partial charge in [-0.25, -0.2) is 0 Å². The van der Waals surface area contributed by atoms with Gasteiger partial charge in [0.1, 0.15) is 0 Å². The van der Waals surface area contributed by atoms with Crippen molar-refractivity contribution in [3.63, 3.8) is 0 Å². The van der Waals surface area contributed by atoms with Crippen LogP contribution in [0.1, 0.15) is 44.7 Å². The van der Waals surface area contributed by atoms with E-state index in [2.05, 4.69) is 40.7 Å². The van der Waals surface area contributed by atoms with E-state index in [1.54, 1.807) is 0 Å². The van der Waals surface area contributed by atoms with E-state index in [1.165, 1.54) is 0 Å². The van der Waals surface area contributed by atoms with Crippen molar-refractivity contribution >= 4 is 6.21 Å². The van der Waals surface area contributed by atoms with Crippen LogP contribution < -0.4 is 0 Å². The lowest BCUT2D eigenvalue weighted by molar-refractivity contribution is 0.0300. The number of likely N-dealkylation sites (tertiary alicyclic amines) is 1. The number of hydrogen-bond donors (Lipinski definition) is 0. The summed E-state index contributed by atoms with van der Waals surface area (Å²) < 4.78 is 0. The molecule has 138 valence electrons. The van der Waals surface area contributed by atoms with E-state index in [-0.39, 0.29) is 0 Å². The van der Waals surface area contributed by atoms with Crippen LogP contribution in [0.25, 0.3) is 0 Å². The molecule has 0 aliphatic carbocycles. The molecule has 26 heavy (non-hydrogen) atoms. The van der Waals surface area contributed by atoms with E-state index in [1.807, 2.05) is 50.4 Å². The van der Waals surface area contributed by atoms with Gasteiger partial charge in [0, 0.05) is 37.8 Å². The average molecular weight is 351 g/mol. The zero-order valence-corrected chi connectivity index (χ0v) is 16.1. The lowest BCUT2D eigenvalue weighted by Gasteiger charge is -2.49. The lowest BCUT2D eigenvalue weighted by atomic mass is 9.87. The molecule has 1 fully saturated rings. The molecule has 0 saturated carbocycles. The topological polar surface area (TPSA) is 45.0 Å². The second kappa shape index (κ2) is 9.27. The van der Waals surface area contributed by atoms with Crippen LogP contribution in [0, 0.1) is 4.91 Å². The number of nitroso groups, excluding NO2 is 1. The first-order chi connectivity index (χ1) is 12.5. The maximum Gasteiger partial charge on any atom is 0.179 e. The van der Waals surface area contributed by atoms with Gasteiger partial charge in [0.2, 0.25) is 0 Å². The van der Waals surface area contributed by atoms with Gasteiger partial charge in [0.25, 0.3) is 0 Å². The van der Waals surface area contributed by atoms with E-state index >= 15 is 0 Å². The highest BCUT2D eigenvalue weighted by Crippen LogP contribution is 2.39. The minimum Gasteiger partial charge on any atom is -0.344 e. The Kier molecular flexibility index (Phi) is 7.07. The van der Waals surface area contributed by atoms with Crippen molar-refractivity contribution in [2.75, 3.05) is 13.1 Å². The third-order valence-corrected chi connectivity index (χ3v) is 4.51. The molecule has 0 amide bonds. The van der Waals surface area contributed by atoms with Crippen molar-refractivity contribution in [2.24, 2.45) is 10.2 Å². The molecule has 4 nitrogen and oxygen atoms in total. The number of allylic oxidation sites excluding steroid dienone is 4. The van der Waals surface area contributed by atoms with Gasteiger partial charge in [0.15, 0.2) is 5.66 Å². The minimum atomic E-state index is -0.710. The monoisotopic (exact) mass is 351 g/mol. The summed E-state index contributed by atoms with van der Waals surface area (Å²) in [5.74, 6) is 0. The van der Waals surface area contributed by atoms with E-state index in [0.29, 0.717) is 6.42 Å². The lowest BCUT2D eigenvalue weighted by Crippen LogP contribution is -2.58. The molecule has 0 spiro atoms. The third-order valence-electron chi connectivity index (χ3n) is 4.51. The second-order valence-corrected chi connectivity index (χ2v) is 6.84. The molecule has 1 aromatic rings. The molecule has 1 unspecified atom stereocenters. The van der Waals surface area contributed by atoms with Crippen LogP contribution in [0.15, 0.2) is 70.5 Å². The van der Waals surface area contributed by atoms with Gasteiger partial charge in [-0.2, -0.15) is 0 Å². The Morgan fingerprint density at radius 2 is 2.08 bits per heavy atom. The van der Waals surface area contributed by atoms with Gasteiger partial charge in [-0.3, -0.25) is 4.99 Å². The fraction of sp³-hybridized carbons (Fsp3) is 0.409. The van der Waals surface area contributed by atoms with Crippen molar-refractivity contribution in [3.8, 4) is 0 Å². The van der Waals surface area contributed by atoms with Gasteiger partial charge >= 0.3 is 0 Å². The first kappa shape index (κ1) is 19.8. The van der Waals surface area contributed by atoms with Gasteiger partial charge in [-0.1, -0.05) is 49.4 Å². The summed E-state index contributed by atoms with van der Waals surface area (Å²) in [6.07, 6.45) is 10.3. The summed E-state index contributed by atoms with van der Waals surface area (Å²) >= 11 is 0. The molecule has 4 heteroatoms. The van der Waals surface area contributed by atoms with Crippen LogP contribution in [0.2, 0.25) is 0 Å². The largest absolute Gasteiger partial charge is 0.344 e. The average Bonchev–Trinajstić information content (AvgIpc) is 2.60. The van der Waals surface area contributed by atoms with Gasteiger partial charge < -0.3 is 4.90 Å². The molecule has 1 aliphatic rings. The molecule has 1 aromatic carbocycles. The van der Waals surface area contributed by atoms with Crippen molar-refractivity contribution in [2.45, 2.75) is 45.7 Å². The molecule has 2 rings (SSSR count). The van der Waals surface area contributed by atoms with E-state index < -0.39 is 5.66 Å². The number of hydrogen-bond acceptors (Lipinski definition) is 4. The Hall–Kier alpha value is -2.49. The van der Waals surface area contributed by atoms with Gasteiger partial charge in [0.05, 0.1) is 0 Å². The summed E-state index contributed by atoms with van der Waals surface area (Å²) in [6.45, 7) is 11.7. The molecule has 1 heterocycles. The molecular weight excluding hydrogens is 322 g/mol. The predicted molar refractivity (Wildman–Crippen MR) is 110 cm³/mol. The first-order valence-corrected chi connectivity index (χ1v) is 9.25. The zero-order chi connectivity index (χ0) is 19.0. The summed E-state index contributed by atoms with van der Waals surface area (Å²) in [6, 6.07) is 8.22. The number of benzene rings is 1. The van der Waals surface area contributed by atoms with Crippen molar-refractivity contribution in [1.82, 2.24) is 4.90 Å². The predicted octanol–water partition coefficient (Wildman–Crippen LogP) is 5.26. The minimum absolute atomic E-state index is 0.605. The van der Waals surface area contributed by atoms with E-state index in [4.69, 9.17) is 0 Å². The molecule has 0 N–H and O–H groups in total. The fourth-order valence-electron chi connectivity index (χ4n) is 3.15. The van der Waals surface area contributed by atoms with Gasteiger partial charge in [-0.15, -0.1) is 4.91 Å². The normalized spacial score (nSPS) is 20.6. The Balaban J connectivity index is 2.17. The molecule has 1 aliphatic heterocycles. The SMILES string of the molecule is C=C(C)/C=C(\C=C/C)N1CCC1(Cc1ccc(C=NCCC)cc1)N=O. The molecular formula is C22H29N3O. The smallest absolute Gasteiger partial charge is 0.179 e. The quantitative estimate of drug-likeness (QED) is 0.346. The number of rotatable bonds is 9. The zero-order valence-electron chi connectivity index (χ0n) is 16.1. The van der Waals surface area contributed by atoms with E-state index in [9.17, 15) is 4.91 Å². The van der Waals surface area contributed by atoms with Crippen LogP contribution in [0.4, 0.5) is 0 Å². The standard InChI is InChI=1S/C22H29N3O/c1-5-7-21(15-18(3)4)25-14-12-22(25,24-26)16-19-8-10-20(11-9-19)17-23-13-6-2/h5,7-11,15,17H,3,6,12-14,16H2,1-2,4H3/b7-5-,21-15+,23-17?. The van der Waals surface area contributed by atoms with E-state index in [0.717, 1.165) is 48.3 Å². The highest BCUT2D eigenvalue weighted by Gasteiger charge is 2.47. The van der Waals surface area contributed by atoms with Crippen molar-refractivity contribution < 1.29 is 0 Å². The number of nitrogens with zero attached hydrogens (tertiary/aromatic N) is 3. The highest BCUT2D eigenvalue weighted by atomic mass is 16.3. The fourth-order valence-corrected chi connectivity index (χ4v) is 3.15. The molecule has 1 saturated heterocycles. The van der Waals surface area contributed by atoms with Crippen LogP contribution in [0.3, 0.4) is 0 Å². The Morgan fingerprint density at radius 3 is 2.58 bits per heavy atom. The highest BCUT2D eigenvalue weighted by molar-refractivity contribution is 5.79. The third kappa shape index (κ3) is 4.78. The molecule has 0 aromatic heterocycles. The molecule has 0 bridgehead atoms. The summed E-state index contributed by atoms with van der Waals surface area (Å²) in [5.41, 5.74) is 3.43. The first-order valence-electron chi connectivity index (χ1n) is 9.25. The maximum atomic E-state index is 11.8. The van der Waals surface area contributed by atoms with Crippen LogP contribution in [-0.2, 0) is 6.42 Å². The molecule has 0 radical (unpaired) electrons. The maximum absolute atomic E-state index is 11.8. The summed E-state index contributed by atoms with van der Waals surface area (Å²) in [4.78, 5) is 18.2. The van der Waals surface area contributed by atoms with Crippen LogP contribution in [-0.4, -0.2) is 29.9 Å². The van der Waals surface area contributed by atoms with Crippen molar-refractivity contribution in [1.29, 1.82) is 0 Å². The Bertz CT molecular complexity index is 715. The number of aliphatic imine (C=N–C) groups is 1. The van der Waals surface area contributed by atoms with Gasteiger partial charge in [-0.05, 0) is 48.7 Å². The van der Waals surface area contributed by atoms with Crippen LogP contribution >= 0.6 is 0 Å². The summed E-state index contributed by atoms with van der Waals surface area (Å²) in [7, 11) is 0.